The molecule has 0 unspecified atom stereocenters. The van der Waals surface area contributed by atoms with E-state index in [4.69, 9.17) is 27.3 Å². The number of hydrogen-bond acceptors (Lipinski definition) is 5. The summed E-state index contributed by atoms with van der Waals surface area (Å²) in [5.74, 6) is 1.74. The first kappa shape index (κ1) is 21.7. The number of hydrogen-bond donors (Lipinski definition) is 2. The zero-order valence-corrected chi connectivity index (χ0v) is 19.0. The largest absolute Gasteiger partial charge is 0.362 e. The molecule has 3 N–H and O–H groups in total. The fourth-order valence-electron chi connectivity index (χ4n) is 4.81. The van der Waals surface area contributed by atoms with Gasteiger partial charge in [0.25, 0.3) is 0 Å². The van der Waals surface area contributed by atoms with Crippen molar-refractivity contribution in [1.29, 1.82) is 0 Å². The summed E-state index contributed by atoms with van der Waals surface area (Å²) in [6.45, 7) is 0. The van der Waals surface area contributed by atoms with Crippen LogP contribution in [0.3, 0.4) is 0 Å². The van der Waals surface area contributed by atoms with Crippen LogP contribution in [-0.4, -0.2) is 42.2 Å². The number of carbonyl (C=O) groups is 1. The summed E-state index contributed by atoms with van der Waals surface area (Å²) in [4.78, 5) is 25.6. The fourth-order valence-corrected chi connectivity index (χ4v) is 5.04. The molecule has 0 atom stereocenters. The van der Waals surface area contributed by atoms with Crippen LogP contribution in [0.2, 0.25) is 5.02 Å². The van der Waals surface area contributed by atoms with Crippen LogP contribution in [-0.2, 0) is 12.8 Å². The summed E-state index contributed by atoms with van der Waals surface area (Å²) in [6.07, 6.45) is 7.98. The number of nitrogens with one attached hydrogen (secondary N) is 1. The van der Waals surface area contributed by atoms with E-state index in [0.717, 1.165) is 44.3 Å². The summed E-state index contributed by atoms with van der Waals surface area (Å²) in [6, 6.07) is 7.22. The number of aryl methyl sites for hydroxylation is 1. The van der Waals surface area contributed by atoms with Gasteiger partial charge in [0.1, 0.15) is 5.82 Å². The van der Waals surface area contributed by atoms with Crippen LogP contribution in [0.4, 0.5) is 22.2 Å². The zero-order chi connectivity index (χ0) is 22.0. The number of halogens is 1. The van der Waals surface area contributed by atoms with Gasteiger partial charge in [0, 0.05) is 31.7 Å². The molecule has 4 rings (SSSR count). The van der Waals surface area contributed by atoms with Gasteiger partial charge in [-0.15, -0.1) is 0 Å². The highest BCUT2D eigenvalue weighted by Gasteiger charge is 2.30. The molecule has 0 aliphatic heterocycles. The lowest BCUT2D eigenvalue weighted by molar-refractivity contribution is 0.248. The standard InChI is InChI=1S/C23H31ClN6O/c1-29(2)21-17-7-3-5-9-19(17)27-23(28-21)26-15-11-13-16(14-12-15)30(22(25)31)20-10-6-4-8-18(20)24/h4,6,8,10,15-16H,3,5,7,9,11-14H2,1-2H3,(H2,25,31)(H,26,27,28). The van der Waals surface area contributed by atoms with E-state index in [1.807, 2.05) is 32.3 Å². The minimum atomic E-state index is -0.460. The van der Waals surface area contributed by atoms with E-state index < -0.39 is 6.03 Å². The van der Waals surface area contributed by atoms with Crippen molar-refractivity contribution in [3.8, 4) is 0 Å². The quantitative estimate of drug-likeness (QED) is 0.717. The number of benzene rings is 1. The van der Waals surface area contributed by atoms with Crippen molar-refractivity contribution in [2.75, 3.05) is 29.2 Å². The van der Waals surface area contributed by atoms with Crippen LogP contribution in [0.1, 0.15) is 49.8 Å². The van der Waals surface area contributed by atoms with Crippen molar-refractivity contribution in [3.63, 3.8) is 0 Å². The number of fused-ring (bicyclic) bond motifs is 1. The lowest BCUT2D eigenvalue weighted by atomic mass is 9.90. The highest BCUT2D eigenvalue weighted by Crippen LogP contribution is 2.33. The van der Waals surface area contributed by atoms with E-state index in [2.05, 4.69) is 10.2 Å². The number of rotatable bonds is 5. The Morgan fingerprint density at radius 3 is 2.48 bits per heavy atom. The lowest BCUT2D eigenvalue weighted by Gasteiger charge is -2.36. The normalized spacial score (nSPS) is 20.6. The summed E-state index contributed by atoms with van der Waals surface area (Å²) >= 11 is 6.33. The van der Waals surface area contributed by atoms with E-state index >= 15 is 0 Å². The van der Waals surface area contributed by atoms with Crippen molar-refractivity contribution < 1.29 is 4.79 Å². The fraction of sp³-hybridized carbons (Fsp3) is 0.522. The third-order valence-electron chi connectivity index (χ3n) is 6.33. The molecule has 0 bridgehead atoms. The molecule has 31 heavy (non-hydrogen) atoms. The Morgan fingerprint density at radius 1 is 1.10 bits per heavy atom. The third-order valence-corrected chi connectivity index (χ3v) is 6.65. The van der Waals surface area contributed by atoms with E-state index in [-0.39, 0.29) is 12.1 Å². The van der Waals surface area contributed by atoms with Gasteiger partial charge < -0.3 is 16.0 Å². The molecule has 0 saturated heterocycles. The first-order valence-corrected chi connectivity index (χ1v) is 11.5. The van der Waals surface area contributed by atoms with Gasteiger partial charge in [-0.25, -0.2) is 9.78 Å². The minimum absolute atomic E-state index is 0.0391. The maximum atomic E-state index is 12.2. The number of nitrogens with zero attached hydrogens (tertiary/aromatic N) is 4. The van der Waals surface area contributed by atoms with Crippen molar-refractivity contribution >= 4 is 35.1 Å². The number of para-hydroxylation sites is 1. The van der Waals surface area contributed by atoms with Crippen molar-refractivity contribution in [3.05, 3.63) is 40.5 Å². The summed E-state index contributed by atoms with van der Waals surface area (Å²) in [5, 5.41) is 4.10. The van der Waals surface area contributed by atoms with Gasteiger partial charge in [0.2, 0.25) is 5.95 Å². The Hall–Kier alpha value is -2.54. The van der Waals surface area contributed by atoms with E-state index in [9.17, 15) is 4.79 Å². The molecule has 1 aromatic heterocycles. The van der Waals surface area contributed by atoms with Crippen LogP contribution in [0.5, 0.6) is 0 Å². The molecule has 1 heterocycles. The van der Waals surface area contributed by atoms with Gasteiger partial charge in [-0.05, 0) is 63.5 Å². The molecule has 2 aromatic rings. The molecule has 1 fully saturated rings. The smallest absolute Gasteiger partial charge is 0.319 e. The van der Waals surface area contributed by atoms with Crippen molar-refractivity contribution in [1.82, 2.24) is 9.97 Å². The molecule has 0 radical (unpaired) electrons. The number of aromatic nitrogens is 2. The molecule has 8 heteroatoms. The zero-order valence-electron chi connectivity index (χ0n) is 18.3. The summed E-state index contributed by atoms with van der Waals surface area (Å²) in [7, 11) is 4.08. The number of amides is 2. The monoisotopic (exact) mass is 442 g/mol. The van der Waals surface area contributed by atoms with Crippen molar-refractivity contribution in [2.45, 2.75) is 63.5 Å². The highest BCUT2D eigenvalue weighted by atomic mass is 35.5. The Bertz CT molecular complexity index is 942. The molecule has 166 valence electrons. The molecule has 0 spiro atoms. The third kappa shape index (κ3) is 4.71. The van der Waals surface area contributed by atoms with Crippen LogP contribution >= 0.6 is 11.6 Å². The molecule has 2 amide bonds. The average molecular weight is 443 g/mol. The van der Waals surface area contributed by atoms with Crippen LogP contribution in [0.15, 0.2) is 24.3 Å². The first-order chi connectivity index (χ1) is 14.9. The number of carbonyl (C=O) groups excluding carboxylic acids is 1. The van der Waals surface area contributed by atoms with E-state index in [1.165, 1.54) is 24.1 Å². The minimum Gasteiger partial charge on any atom is -0.362 e. The summed E-state index contributed by atoms with van der Waals surface area (Å²) < 4.78 is 0. The Balaban J connectivity index is 1.45. The average Bonchev–Trinajstić information content (AvgIpc) is 2.75. The van der Waals surface area contributed by atoms with Gasteiger partial charge in [-0.2, -0.15) is 4.98 Å². The second-order valence-electron chi connectivity index (χ2n) is 8.71. The topological polar surface area (TPSA) is 87.4 Å². The van der Waals surface area contributed by atoms with Crippen LogP contribution in [0, 0.1) is 0 Å². The maximum absolute atomic E-state index is 12.2. The second-order valence-corrected chi connectivity index (χ2v) is 9.11. The molecule has 1 saturated carbocycles. The number of primary amides is 1. The predicted octanol–water partition coefficient (Wildman–Crippen LogP) is 4.38. The number of nitrogens with two attached hydrogens (primary N) is 1. The Morgan fingerprint density at radius 2 is 1.81 bits per heavy atom. The van der Waals surface area contributed by atoms with E-state index in [0.29, 0.717) is 16.7 Å². The number of urea groups is 1. The maximum Gasteiger partial charge on any atom is 0.319 e. The lowest BCUT2D eigenvalue weighted by Crippen LogP contribution is -2.47. The predicted molar refractivity (Wildman–Crippen MR) is 126 cm³/mol. The Labute approximate surface area is 189 Å². The molecular formula is C23H31ClN6O. The summed E-state index contributed by atoms with van der Waals surface area (Å²) in [5.41, 5.74) is 8.88. The molecule has 2 aliphatic carbocycles. The molecule has 1 aromatic carbocycles. The second kappa shape index (κ2) is 9.30. The SMILES string of the molecule is CN(C)c1nc(NC2CCC(N(C(N)=O)c3ccccc3Cl)CC2)nc2c1CCCC2. The van der Waals surface area contributed by atoms with Crippen LogP contribution < -0.4 is 20.9 Å². The van der Waals surface area contributed by atoms with Gasteiger partial charge >= 0.3 is 6.03 Å². The molecule has 2 aliphatic rings. The van der Waals surface area contributed by atoms with Gasteiger partial charge in [-0.1, -0.05) is 23.7 Å². The molecule has 7 nitrogen and oxygen atoms in total. The van der Waals surface area contributed by atoms with Gasteiger partial charge in [-0.3, -0.25) is 4.90 Å². The van der Waals surface area contributed by atoms with Crippen LogP contribution in [0.25, 0.3) is 0 Å². The van der Waals surface area contributed by atoms with Gasteiger partial charge in [0.15, 0.2) is 0 Å². The van der Waals surface area contributed by atoms with Gasteiger partial charge in [0.05, 0.1) is 16.4 Å². The first-order valence-electron chi connectivity index (χ1n) is 11.1. The molecular weight excluding hydrogens is 412 g/mol. The Kier molecular flexibility index (Phi) is 6.51. The number of anilines is 3. The van der Waals surface area contributed by atoms with Crippen molar-refractivity contribution in [2.24, 2.45) is 5.73 Å². The highest BCUT2D eigenvalue weighted by molar-refractivity contribution is 6.33. The van der Waals surface area contributed by atoms with E-state index in [1.54, 1.807) is 11.0 Å².